The number of carbonyl (C=O) groups is 1. The standard InChI is InChI=1S/C18H13N5OS/c24-18(20-15-10-4-5-11-19-15)16-21-17(14-9-6-12-25-14)23(22-16)13-7-2-1-3-8-13/h1-12H,(H,19,20,24). The number of thiophene rings is 1. The number of nitrogens with one attached hydrogen (secondary N) is 1. The minimum absolute atomic E-state index is 0.0953. The first-order valence-corrected chi connectivity index (χ1v) is 8.48. The second-order valence-corrected chi connectivity index (χ2v) is 6.10. The maximum absolute atomic E-state index is 12.5. The van der Waals surface area contributed by atoms with Gasteiger partial charge in [0.2, 0.25) is 5.82 Å². The van der Waals surface area contributed by atoms with Gasteiger partial charge >= 0.3 is 0 Å². The van der Waals surface area contributed by atoms with E-state index in [-0.39, 0.29) is 5.82 Å². The highest BCUT2D eigenvalue weighted by atomic mass is 32.1. The van der Waals surface area contributed by atoms with Gasteiger partial charge in [0.05, 0.1) is 10.6 Å². The number of hydrogen-bond donors (Lipinski definition) is 1. The summed E-state index contributed by atoms with van der Waals surface area (Å²) in [5.41, 5.74) is 0.843. The van der Waals surface area contributed by atoms with Gasteiger partial charge in [-0.2, -0.15) is 0 Å². The molecule has 3 heterocycles. The third-order valence-electron chi connectivity index (χ3n) is 3.46. The molecule has 0 bridgehead atoms. The molecule has 1 aromatic carbocycles. The number of aromatic nitrogens is 4. The van der Waals surface area contributed by atoms with Gasteiger partial charge in [-0.05, 0) is 35.7 Å². The molecule has 4 aromatic rings. The number of hydrogen-bond acceptors (Lipinski definition) is 5. The molecule has 0 aliphatic rings. The van der Waals surface area contributed by atoms with E-state index >= 15 is 0 Å². The number of para-hydroxylation sites is 1. The molecule has 122 valence electrons. The Kier molecular flexibility index (Phi) is 4.05. The molecule has 0 spiro atoms. The summed E-state index contributed by atoms with van der Waals surface area (Å²) in [4.78, 5) is 22.0. The van der Waals surface area contributed by atoms with Gasteiger partial charge in [0, 0.05) is 6.20 Å². The summed E-state index contributed by atoms with van der Waals surface area (Å²) in [5, 5.41) is 9.08. The Morgan fingerprint density at radius 2 is 1.84 bits per heavy atom. The van der Waals surface area contributed by atoms with Gasteiger partial charge in [-0.25, -0.2) is 14.6 Å². The molecule has 6 nitrogen and oxygen atoms in total. The zero-order chi connectivity index (χ0) is 17.1. The Balaban J connectivity index is 1.73. The molecule has 0 aliphatic heterocycles. The van der Waals surface area contributed by atoms with E-state index in [0.717, 1.165) is 10.6 Å². The quantitative estimate of drug-likeness (QED) is 0.612. The van der Waals surface area contributed by atoms with Crippen molar-refractivity contribution in [2.75, 3.05) is 5.32 Å². The molecule has 0 saturated carbocycles. The fourth-order valence-electron chi connectivity index (χ4n) is 2.33. The minimum Gasteiger partial charge on any atom is -0.304 e. The van der Waals surface area contributed by atoms with Crippen LogP contribution < -0.4 is 5.32 Å². The molecule has 0 unspecified atom stereocenters. The number of amides is 1. The van der Waals surface area contributed by atoms with Crippen molar-refractivity contribution >= 4 is 23.1 Å². The molecule has 1 N–H and O–H groups in total. The topological polar surface area (TPSA) is 72.7 Å². The van der Waals surface area contributed by atoms with Gasteiger partial charge in [-0.15, -0.1) is 16.4 Å². The van der Waals surface area contributed by atoms with Gasteiger partial charge in [-0.3, -0.25) is 4.79 Å². The van der Waals surface area contributed by atoms with Gasteiger partial charge in [-0.1, -0.05) is 30.3 Å². The van der Waals surface area contributed by atoms with E-state index in [1.165, 1.54) is 0 Å². The maximum Gasteiger partial charge on any atom is 0.296 e. The van der Waals surface area contributed by atoms with Gasteiger partial charge in [0.1, 0.15) is 5.82 Å². The smallest absolute Gasteiger partial charge is 0.296 e. The lowest BCUT2D eigenvalue weighted by Crippen LogP contribution is -2.15. The van der Waals surface area contributed by atoms with Crippen LogP contribution in [0, 0.1) is 0 Å². The first-order valence-electron chi connectivity index (χ1n) is 7.60. The van der Waals surface area contributed by atoms with Crippen LogP contribution in [0.15, 0.2) is 72.2 Å². The van der Waals surface area contributed by atoms with Crippen molar-refractivity contribution < 1.29 is 4.79 Å². The van der Waals surface area contributed by atoms with Crippen LogP contribution in [0.5, 0.6) is 0 Å². The number of rotatable bonds is 4. The highest BCUT2D eigenvalue weighted by Gasteiger charge is 2.19. The average Bonchev–Trinajstić information content (AvgIpc) is 3.33. The van der Waals surface area contributed by atoms with Crippen molar-refractivity contribution in [2.45, 2.75) is 0 Å². The second-order valence-electron chi connectivity index (χ2n) is 5.15. The largest absolute Gasteiger partial charge is 0.304 e. The van der Waals surface area contributed by atoms with Crippen molar-refractivity contribution in [3.05, 3.63) is 78.1 Å². The Bertz CT molecular complexity index is 981. The Morgan fingerprint density at radius 3 is 2.56 bits per heavy atom. The molecular weight excluding hydrogens is 334 g/mol. The number of pyridine rings is 1. The summed E-state index contributed by atoms with van der Waals surface area (Å²) in [5.74, 6) is 0.790. The molecule has 0 atom stereocenters. The van der Waals surface area contributed by atoms with Crippen LogP contribution in [0.1, 0.15) is 10.6 Å². The summed E-state index contributed by atoms with van der Waals surface area (Å²) in [6.07, 6.45) is 1.61. The summed E-state index contributed by atoms with van der Waals surface area (Å²) in [6.45, 7) is 0. The van der Waals surface area contributed by atoms with E-state index in [4.69, 9.17) is 0 Å². The first kappa shape index (κ1) is 15.2. The summed E-state index contributed by atoms with van der Waals surface area (Å²) >= 11 is 1.55. The van der Waals surface area contributed by atoms with Crippen LogP contribution in [-0.4, -0.2) is 25.7 Å². The van der Waals surface area contributed by atoms with Crippen molar-refractivity contribution in [2.24, 2.45) is 0 Å². The van der Waals surface area contributed by atoms with E-state index < -0.39 is 5.91 Å². The Hall–Kier alpha value is -3.32. The molecule has 0 saturated heterocycles. The van der Waals surface area contributed by atoms with Crippen LogP contribution in [0.3, 0.4) is 0 Å². The summed E-state index contributed by atoms with van der Waals surface area (Å²) in [6, 6.07) is 18.8. The molecule has 0 radical (unpaired) electrons. The highest BCUT2D eigenvalue weighted by Crippen LogP contribution is 2.25. The SMILES string of the molecule is O=C(Nc1ccccn1)c1nc(-c2cccs2)n(-c2ccccc2)n1. The fraction of sp³-hybridized carbons (Fsp3) is 0. The number of nitrogens with zero attached hydrogens (tertiary/aromatic N) is 4. The van der Waals surface area contributed by atoms with Crippen LogP contribution in [0.2, 0.25) is 0 Å². The fourth-order valence-corrected chi connectivity index (χ4v) is 3.03. The predicted octanol–water partition coefficient (Wildman–Crippen LogP) is 3.64. The second kappa shape index (κ2) is 6.66. The predicted molar refractivity (Wildman–Crippen MR) is 96.9 cm³/mol. The molecule has 0 aliphatic carbocycles. The Labute approximate surface area is 147 Å². The van der Waals surface area contributed by atoms with Crippen molar-refractivity contribution in [3.8, 4) is 16.4 Å². The molecule has 0 fully saturated rings. The van der Waals surface area contributed by atoms with E-state index in [9.17, 15) is 4.79 Å². The monoisotopic (exact) mass is 347 g/mol. The lowest BCUT2D eigenvalue weighted by atomic mass is 10.3. The number of anilines is 1. The summed E-state index contributed by atoms with van der Waals surface area (Å²) in [7, 11) is 0. The average molecular weight is 347 g/mol. The third-order valence-corrected chi connectivity index (χ3v) is 4.32. The zero-order valence-electron chi connectivity index (χ0n) is 13.0. The van der Waals surface area contributed by atoms with Crippen LogP contribution in [-0.2, 0) is 0 Å². The lowest BCUT2D eigenvalue weighted by Gasteiger charge is -2.03. The lowest BCUT2D eigenvalue weighted by molar-refractivity contribution is 0.101. The molecule has 7 heteroatoms. The molecule has 25 heavy (non-hydrogen) atoms. The maximum atomic E-state index is 12.5. The van der Waals surface area contributed by atoms with E-state index in [1.807, 2.05) is 47.8 Å². The van der Waals surface area contributed by atoms with Crippen molar-refractivity contribution in [1.29, 1.82) is 0 Å². The van der Waals surface area contributed by atoms with E-state index in [0.29, 0.717) is 11.6 Å². The van der Waals surface area contributed by atoms with Crippen LogP contribution in [0.4, 0.5) is 5.82 Å². The van der Waals surface area contributed by atoms with Crippen molar-refractivity contribution in [3.63, 3.8) is 0 Å². The highest BCUT2D eigenvalue weighted by molar-refractivity contribution is 7.13. The molecular formula is C18H13N5OS. The minimum atomic E-state index is -0.397. The summed E-state index contributed by atoms with van der Waals surface area (Å²) < 4.78 is 1.68. The van der Waals surface area contributed by atoms with Gasteiger partial charge < -0.3 is 5.32 Å². The Morgan fingerprint density at radius 1 is 1.00 bits per heavy atom. The van der Waals surface area contributed by atoms with Gasteiger partial charge in [0.15, 0.2) is 5.82 Å². The normalized spacial score (nSPS) is 10.6. The van der Waals surface area contributed by atoms with Crippen LogP contribution in [0.25, 0.3) is 16.4 Å². The van der Waals surface area contributed by atoms with Crippen LogP contribution >= 0.6 is 11.3 Å². The van der Waals surface area contributed by atoms with E-state index in [1.54, 1.807) is 40.4 Å². The van der Waals surface area contributed by atoms with E-state index in [2.05, 4.69) is 20.4 Å². The van der Waals surface area contributed by atoms with Gasteiger partial charge in [0.25, 0.3) is 5.91 Å². The van der Waals surface area contributed by atoms with Crippen molar-refractivity contribution in [1.82, 2.24) is 19.7 Å². The number of benzene rings is 1. The molecule has 1 amide bonds. The molecule has 4 rings (SSSR count). The zero-order valence-corrected chi connectivity index (χ0v) is 13.9. The molecule has 3 aromatic heterocycles. The first-order chi connectivity index (χ1) is 12.3. The third kappa shape index (κ3) is 3.17. The number of carbonyl (C=O) groups excluding carboxylic acids is 1.